The third-order valence-electron chi connectivity index (χ3n) is 17.5. The molecule has 0 amide bonds. The molecular formula is C70H64N2. The fraction of sp³-hybridized carbons (Fsp3) is 0.229. The number of rotatable bonds is 10. The molecular weight excluding hydrogens is 869 g/mol. The first kappa shape index (κ1) is 44.5. The number of hydrogen-bond acceptors (Lipinski definition) is 2. The Balaban J connectivity index is 1.09. The molecule has 72 heavy (non-hydrogen) atoms. The molecule has 0 heterocycles. The molecule has 354 valence electrons. The second-order valence-electron chi connectivity index (χ2n) is 22.4. The summed E-state index contributed by atoms with van der Waals surface area (Å²) in [5.74, 6) is 0. The standard InChI is InChI=1S/C70H64N2/c1-7-69(3,4)49-27-33-57-61(39-49)63-41-55(71(51-21-11-9-12-22-51)53-29-25-45-17-15-19-47(45)37-53)31-35-59(63)67-44-66-58-34-28-50(70(5,6)8-2)40-62(58)64-42-56(32-36-60(64)68(66)43-65(57)67)72(52-23-13-10-14-24-52)54-30-26-46-18-16-20-48(46)38-54/h9-14,21-44H,7-8,15-20H2,1-6H3. The van der Waals surface area contributed by atoms with Gasteiger partial charge in [-0.25, -0.2) is 0 Å². The van der Waals surface area contributed by atoms with Gasteiger partial charge in [-0.3, -0.25) is 0 Å². The highest BCUT2D eigenvalue weighted by atomic mass is 15.1. The monoisotopic (exact) mass is 933 g/mol. The van der Waals surface area contributed by atoms with E-state index in [0.717, 1.165) is 25.7 Å². The fourth-order valence-corrected chi connectivity index (χ4v) is 12.4. The number of benzene rings is 11. The molecule has 0 saturated carbocycles. The Morgan fingerprint density at radius 1 is 0.292 bits per heavy atom. The van der Waals surface area contributed by atoms with Crippen molar-refractivity contribution >= 4 is 98.8 Å². The van der Waals surface area contributed by atoms with Crippen LogP contribution in [-0.4, -0.2) is 0 Å². The number of fused-ring (bicyclic) bond motifs is 14. The van der Waals surface area contributed by atoms with Crippen molar-refractivity contribution < 1.29 is 0 Å². The first-order chi connectivity index (χ1) is 35.1. The number of para-hydroxylation sites is 2. The SMILES string of the molecule is CCC(C)(C)c1ccc2c(c1)c1cc(N(c3ccccc3)c3ccc4c(c3)CCC4)ccc1c1cc3c4ccc(C(C)(C)CC)cc4c4cc(N(c5ccccc5)c5ccc6c(c5)CCC6)ccc4c3cc21. The van der Waals surface area contributed by atoms with Crippen LogP contribution in [0.3, 0.4) is 0 Å². The molecule has 2 nitrogen and oxygen atoms in total. The summed E-state index contributed by atoms with van der Waals surface area (Å²) in [6.45, 7) is 14.2. The van der Waals surface area contributed by atoms with Gasteiger partial charge in [0.05, 0.1) is 0 Å². The van der Waals surface area contributed by atoms with E-state index in [0.29, 0.717) is 0 Å². The second-order valence-corrected chi connectivity index (χ2v) is 22.4. The van der Waals surface area contributed by atoms with Crippen LogP contribution in [0.5, 0.6) is 0 Å². The van der Waals surface area contributed by atoms with Crippen molar-refractivity contribution in [1.82, 2.24) is 0 Å². The molecule has 2 aliphatic carbocycles. The Morgan fingerprint density at radius 3 is 1.00 bits per heavy atom. The summed E-state index contributed by atoms with van der Waals surface area (Å²) in [6.07, 6.45) is 9.23. The lowest BCUT2D eigenvalue weighted by Gasteiger charge is -2.28. The average molecular weight is 933 g/mol. The van der Waals surface area contributed by atoms with Gasteiger partial charge in [0, 0.05) is 34.1 Å². The Hall–Kier alpha value is -7.42. The van der Waals surface area contributed by atoms with Crippen molar-refractivity contribution in [3.8, 4) is 0 Å². The van der Waals surface area contributed by atoms with Gasteiger partial charge < -0.3 is 9.80 Å². The number of anilines is 6. The van der Waals surface area contributed by atoms with E-state index in [1.165, 1.54) is 158 Å². The van der Waals surface area contributed by atoms with E-state index in [2.05, 4.69) is 233 Å². The minimum atomic E-state index is 0.0302. The van der Waals surface area contributed by atoms with Crippen LogP contribution in [0.15, 0.2) is 182 Å². The van der Waals surface area contributed by atoms with Crippen molar-refractivity contribution in [3.05, 3.63) is 215 Å². The third-order valence-corrected chi connectivity index (χ3v) is 17.5. The first-order valence-electron chi connectivity index (χ1n) is 26.8. The van der Waals surface area contributed by atoms with Gasteiger partial charge in [-0.2, -0.15) is 0 Å². The van der Waals surface area contributed by atoms with Crippen LogP contribution in [0.2, 0.25) is 0 Å². The largest absolute Gasteiger partial charge is 0.310 e. The molecule has 11 aromatic carbocycles. The minimum Gasteiger partial charge on any atom is -0.310 e. The molecule has 0 aromatic heterocycles. The summed E-state index contributed by atoms with van der Waals surface area (Å²) in [5.41, 5.74) is 15.9. The number of hydrogen-bond donors (Lipinski definition) is 0. The van der Waals surface area contributed by atoms with E-state index >= 15 is 0 Å². The van der Waals surface area contributed by atoms with Crippen LogP contribution < -0.4 is 9.80 Å². The zero-order chi connectivity index (χ0) is 48.9. The predicted molar refractivity (Wildman–Crippen MR) is 312 cm³/mol. The van der Waals surface area contributed by atoms with Gasteiger partial charge in [0.25, 0.3) is 0 Å². The van der Waals surface area contributed by atoms with Crippen molar-refractivity contribution in [2.45, 2.75) is 104 Å². The van der Waals surface area contributed by atoms with Crippen LogP contribution in [0, 0.1) is 0 Å². The van der Waals surface area contributed by atoms with Crippen LogP contribution >= 0.6 is 0 Å². The lowest BCUT2D eigenvalue weighted by atomic mass is 9.79. The maximum atomic E-state index is 2.55. The predicted octanol–water partition coefficient (Wildman–Crippen LogP) is 19.9. The van der Waals surface area contributed by atoms with Gasteiger partial charge in [-0.1, -0.05) is 126 Å². The molecule has 13 rings (SSSR count). The lowest BCUT2D eigenvalue weighted by Crippen LogP contribution is -2.15. The number of nitrogens with zero attached hydrogens (tertiary/aromatic N) is 2. The van der Waals surface area contributed by atoms with Gasteiger partial charge in [-0.05, 0) is 257 Å². The zero-order valence-electron chi connectivity index (χ0n) is 42.9. The molecule has 0 atom stereocenters. The maximum absolute atomic E-state index is 2.55. The Labute approximate surface area is 425 Å². The molecule has 2 aliphatic rings. The summed E-state index contributed by atoms with van der Waals surface area (Å²) in [6, 6.07) is 70.6. The maximum Gasteiger partial charge on any atom is 0.0468 e. The quantitative estimate of drug-likeness (QED) is 0.0996. The molecule has 0 bridgehead atoms. The smallest absolute Gasteiger partial charge is 0.0468 e. The van der Waals surface area contributed by atoms with Crippen molar-refractivity contribution in [2.75, 3.05) is 9.80 Å². The Bertz CT molecular complexity index is 3690. The third kappa shape index (κ3) is 7.28. The highest BCUT2D eigenvalue weighted by molar-refractivity contribution is 6.33. The summed E-state index contributed by atoms with van der Waals surface area (Å²) >= 11 is 0. The first-order valence-corrected chi connectivity index (χ1v) is 26.8. The van der Waals surface area contributed by atoms with Gasteiger partial charge in [0.2, 0.25) is 0 Å². The highest BCUT2D eigenvalue weighted by Crippen LogP contribution is 2.48. The van der Waals surface area contributed by atoms with Gasteiger partial charge in [0.15, 0.2) is 0 Å². The summed E-state index contributed by atoms with van der Waals surface area (Å²) in [5, 5.41) is 15.6. The van der Waals surface area contributed by atoms with Gasteiger partial charge in [0.1, 0.15) is 0 Å². The van der Waals surface area contributed by atoms with Crippen LogP contribution in [0.4, 0.5) is 34.1 Å². The van der Waals surface area contributed by atoms with E-state index in [1.54, 1.807) is 0 Å². The van der Waals surface area contributed by atoms with Crippen molar-refractivity contribution in [1.29, 1.82) is 0 Å². The van der Waals surface area contributed by atoms with E-state index in [1.807, 2.05) is 0 Å². The number of aryl methyl sites for hydroxylation is 4. The van der Waals surface area contributed by atoms with Gasteiger partial charge >= 0.3 is 0 Å². The van der Waals surface area contributed by atoms with Crippen LogP contribution in [-0.2, 0) is 36.5 Å². The highest BCUT2D eigenvalue weighted by Gasteiger charge is 2.25. The van der Waals surface area contributed by atoms with Gasteiger partial charge in [-0.15, -0.1) is 0 Å². The summed E-state index contributed by atoms with van der Waals surface area (Å²) in [7, 11) is 0. The average Bonchev–Trinajstić information content (AvgIpc) is 4.11. The fourth-order valence-electron chi connectivity index (χ4n) is 12.4. The Kier molecular flexibility index (Phi) is 10.6. The zero-order valence-corrected chi connectivity index (χ0v) is 42.9. The molecule has 0 saturated heterocycles. The molecule has 0 unspecified atom stereocenters. The topological polar surface area (TPSA) is 6.48 Å². The lowest BCUT2D eigenvalue weighted by molar-refractivity contribution is 0.507. The van der Waals surface area contributed by atoms with Crippen molar-refractivity contribution in [2.24, 2.45) is 0 Å². The molecule has 2 heteroatoms. The normalized spacial score (nSPS) is 13.8. The van der Waals surface area contributed by atoms with E-state index in [4.69, 9.17) is 0 Å². The molecule has 11 aromatic rings. The molecule has 0 fully saturated rings. The minimum absolute atomic E-state index is 0.0302. The van der Waals surface area contributed by atoms with E-state index in [-0.39, 0.29) is 10.8 Å². The Morgan fingerprint density at radius 2 is 0.611 bits per heavy atom. The van der Waals surface area contributed by atoms with Crippen LogP contribution in [0.25, 0.3) is 64.6 Å². The van der Waals surface area contributed by atoms with Crippen molar-refractivity contribution in [3.63, 3.8) is 0 Å². The summed E-state index contributed by atoms with van der Waals surface area (Å²) in [4.78, 5) is 4.95. The molecule has 0 radical (unpaired) electrons. The molecule has 0 N–H and O–H groups in total. The van der Waals surface area contributed by atoms with Crippen LogP contribution in [0.1, 0.15) is 101 Å². The van der Waals surface area contributed by atoms with E-state index in [9.17, 15) is 0 Å². The molecule has 0 aliphatic heterocycles. The molecule has 0 spiro atoms. The second kappa shape index (κ2) is 17.1. The summed E-state index contributed by atoms with van der Waals surface area (Å²) < 4.78 is 0. The van der Waals surface area contributed by atoms with E-state index < -0.39 is 0 Å².